The van der Waals surface area contributed by atoms with E-state index in [1.54, 1.807) is 24.0 Å². The third-order valence-corrected chi connectivity index (χ3v) is 2.66. The number of benzene rings is 1. The van der Waals surface area contributed by atoms with Crippen molar-refractivity contribution in [3.05, 3.63) is 23.8 Å². The summed E-state index contributed by atoms with van der Waals surface area (Å²) in [6.07, 6.45) is 1.89. The molecule has 0 N–H and O–H groups in total. The fourth-order valence-electron chi connectivity index (χ4n) is 1.83. The average molecular weight is 219 g/mol. The van der Waals surface area contributed by atoms with Crippen LogP contribution in [0.2, 0.25) is 0 Å². The summed E-state index contributed by atoms with van der Waals surface area (Å²) in [4.78, 5) is 23.6. The van der Waals surface area contributed by atoms with Crippen LogP contribution in [0.4, 0.5) is 5.69 Å². The molecule has 1 aliphatic heterocycles. The van der Waals surface area contributed by atoms with Gasteiger partial charge < -0.3 is 9.64 Å². The lowest BCUT2D eigenvalue weighted by atomic mass is 10.1. The van der Waals surface area contributed by atoms with Gasteiger partial charge in [-0.3, -0.25) is 9.59 Å². The minimum Gasteiger partial charge on any atom is -0.426 e. The number of esters is 1. The van der Waals surface area contributed by atoms with E-state index in [4.69, 9.17) is 4.74 Å². The largest absolute Gasteiger partial charge is 0.426 e. The maximum atomic E-state index is 11.2. The van der Waals surface area contributed by atoms with E-state index in [1.165, 1.54) is 0 Å². The zero-order valence-electron chi connectivity index (χ0n) is 9.10. The first-order valence-electron chi connectivity index (χ1n) is 5.30. The molecule has 0 aromatic heterocycles. The Morgan fingerprint density at radius 1 is 1.56 bits per heavy atom. The first-order chi connectivity index (χ1) is 7.76. The van der Waals surface area contributed by atoms with Gasteiger partial charge in [-0.2, -0.15) is 0 Å². The molecule has 1 aliphatic rings. The van der Waals surface area contributed by atoms with Crippen LogP contribution in [0, 0.1) is 0 Å². The fourth-order valence-corrected chi connectivity index (χ4v) is 1.83. The van der Waals surface area contributed by atoms with Gasteiger partial charge in [0.25, 0.3) is 0 Å². The van der Waals surface area contributed by atoms with Gasteiger partial charge in [-0.05, 0) is 18.6 Å². The number of hydrogen-bond donors (Lipinski definition) is 0. The van der Waals surface area contributed by atoms with E-state index in [0.717, 1.165) is 24.1 Å². The molecule has 0 spiro atoms. The lowest BCUT2D eigenvalue weighted by Crippen LogP contribution is -2.17. The minimum atomic E-state index is -0.252. The number of nitrogens with zero attached hydrogens (tertiary/aromatic N) is 1. The minimum absolute atomic E-state index is 0.252. The van der Waals surface area contributed by atoms with Crippen molar-refractivity contribution in [2.45, 2.75) is 19.8 Å². The number of hydrogen-bond acceptors (Lipinski definition) is 3. The number of fused-ring (bicyclic) bond motifs is 1. The van der Waals surface area contributed by atoms with Gasteiger partial charge in [0, 0.05) is 18.5 Å². The summed E-state index contributed by atoms with van der Waals surface area (Å²) in [6, 6.07) is 5.42. The van der Waals surface area contributed by atoms with E-state index in [2.05, 4.69) is 0 Å². The van der Waals surface area contributed by atoms with E-state index in [1.807, 2.05) is 6.07 Å². The van der Waals surface area contributed by atoms with Crippen LogP contribution in [-0.2, 0) is 16.0 Å². The lowest BCUT2D eigenvalue weighted by molar-refractivity contribution is -0.134. The summed E-state index contributed by atoms with van der Waals surface area (Å²) in [5, 5.41) is 0. The molecule has 1 aromatic carbocycles. The highest BCUT2D eigenvalue weighted by molar-refractivity contribution is 5.82. The molecule has 0 saturated heterocycles. The molecule has 2 rings (SSSR count). The molecule has 1 heterocycles. The molecular weight excluding hydrogens is 206 g/mol. The zero-order valence-corrected chi connectivity index (χ0v) is 9.10. The Kier molecular flexibility index (Phi) is 2.90. The van der Waals surface area contributed by atoms with Gasteiger partial charge in [0.05, 0.1) is 5.69 Å². The van der Waals surface area contributed by atoms with Crippen molar-refractivity contribution in [3.63, 3.8) is 0 Å². The molecule has 16 heavy (non-hydrogen) atoms. The van der Waals surface area contributed by atoms with Crippen molar-refractivity contribution in [2.24, 2.45) is 0 Å². The topological polar surface area (TPSA) is 46.6 Å². The van der Waals surface area contributed by atoms with Crippen molar-refractivity contribution in [3.8, 4) is 5.75 Å². The van der Waals surface area contributed by atoms with E-state index < -0.39 is 0 Å². The van der Waals surface area contributed by atoms with E-state index in [9.17, 15) is 9.59 Å². The van der Waals surface area contributed by atoms with Crippen molar-refractivity contribution in [2.75, 3.05) is 11.4 Å². The van der Waals surface area contributed by atoms with Crippen molar-refractivity contribution in [1.29, 1.82) is 0 Å². The smallest absolute Gasteiger partial charge is 0.310 e. The maximum absolute atomic E-state index is 11.2. The Balaban J connectivity index is 2.32. The molecule has 0 saturated carbocycles. The molecule has 0 fully saturated rings. The molecule has 0 aliphatic carbocycles. The van der Waals surface area contributed by atoms with Gasteiger partial charge >= 0.3 is 5.97 Å². The second-order valence-electron chi connectivity index (χ2n) is 3.63. The van der Waals surface area contributed by atoms with Crippen molar-refractivity contribution in [1.82, 2.24) is 0 Å². The number of ether oxygens (including phenoxy) is 1. The van der Waals surface area contributed by atoms with Crippen LogP contribution < -0.4 is 9.64 Å². The van der Waals surface area contributed by atoms with Gasteiger partial charge in [-0.15, -0.1) is 0 Å². The Morgan fingerprint density at radius 2 is 2.38 bits per heavy atom. The Morgan fingerprint density at radius 3 is 3.06 bits per heavy atom. The van der Waals surface area contributed by atoms with Gasteiger partial charge in [0.2, 0.25) is 6.41 Å². The van der Waals surface area contributed by atoms with Crippen LogP contribution in [0.25, 0.3) is 0 Å². The summed E-state index contributed by atoms with van der Waals surface area (Å²) in [5.74, 6) is 0.326. The van der Waals surface area contributed by atoms with Gasteiger partial charge in [-0.25, -0.2) is 0 Å². The van der Waals surface area contributed by atoms with Gasteiger partial charge in [0.15, 0.2) is 0 Å². The molecular formula is C12H13NO3. The molecule has 1 aromatic rings. The normalized spacial score (nSPS) is 13.4. The Labute approximate surface area is 93.8 Å². The first-order valence-corrected chi connectivity index (χ1v) is 5.30. The third kappa shape index (κ3) is 1.78. The second-order valence-corrected chi connectivity index (χ2v) is 3.63. The second kappa shape index (κ2) is 4.35. The first kappa shape index (κ1) is 10.7. The highest BCUT2D eigenvalue weighted by atomic mass is 16.5. The number of amides is 1. The molecule has 4 heteroatoms. The van der Waals surface area contributed by atoms with Gasteiger partial charge in [0.1, 0.15) is 5.75 Å². The zero-order chi connectivity index (χ0) is 11.5. The molecule has 1 amide bonds. The molecule has 0 atom stereocenters. The van der Waals surface area contributed by atoms with Crippen LogP contribution in [0.1, 0.15) is 18.9 Å². The predicted octanol–water partition coefficient (Wildman–Crippen LogP) is 1.52. The third-order valence-electron chi connectivity index (χ3n) is 2.66. The van der Waals surface area contributed by atoms with Crippen molar-refractivity contribution >= 4 is 18.1 Å². The summed E-state index contributed by atoms with van der Waals surface area (Å²) in [6.45, 7) is 2.41. The quantitative estimate of drug-likeness (QED) is 0.440. The highest BCUT2D eigenvalue weighted by Gasteiger charge is 2.22. The molecule has 0 unspecified atom stereocenters. The number of anilines is 1. The van der Waals surface area contributed by atoms with E-state index in [-0.39, 0.29) is 5.97 Å². The van der Waals surface area contributed by atoms with E-state index >= 15 is 0 Å². The summed E-state index contributed by atoms with van der Waals surface area (Å²) in [7, 11) is 0. The number of rotatable bonds is 3. The molecule has 84 valence electrons. The lowest BCUT2D eigenvalue weighted by Gasteiger charge is -2.11. The molecule has 0 bridgehead atoms. The molecule has 0 radical (unpaired) electrons. The summed E-state index contributed by atoms with van der Waals surface area (Å²) >= 11 is 0. The number of carbonyl (C=O) groups excluding carboxylic acids is 2. The Hall–Kier alpha value is -1.84. The van der Waals surface area contributed by atoms with Crippen LogP contribution in [0.3, 0.4) is 0 Å². The predicted molar refractivity (Wildman–Crippen MR) is 59.5 cm³/mol. The summed E-state index contributed by atoms with van der Waals surface area (Å²) < 4.78 is 5.22. The summed E-state index contributed by atoms with van der Waals surface area (Å²) in [5.41, 5.74) is 1.79. The highest BCUT2D eigenvalue weighted by Crippen LogP contribution is 2.34. The van der Waals surface area contributed by atoms with Crippen LogP contribution in [0.5, 0.6) is 5.75 Å². The van der Waals surface area contributed by atoms with Crippen molar-refractivity contribution < 1.29 is 14.3 Å². The Bertz CT molecular complexity index is 428. The van der Waals surface area contributed by atoms with Gasteiger partial charge in [-0.1, -0.05) is 13.0 Å². The van der Waals surface area contributed by atoms with Crippen LogP contribution in [0.15, 0.2) is 18.2 Å². The molecule has 4 nitrogen and oxygen atoms in total. The maximum Gasteiger partial charge on any atom is 0.310 e. The average Bonchev–Trinajstić information content (AvgIpc) is 2.73. The van der Waals surface area contributed by atoms with Crippen LogP contribution in [-0.4, -0.2) is 18.9 Å². The number of carbonyl (C=O) groups is 2. The SMILES string of the molecule is CCC(=O)Oc1cccc2c1CCN2C=O. The fraction of sp³-hybridized carbons (Fsp3) is 0.333. The monoisotopic (exact) mass is 219 g/mol. The van der Waals surface area contributed by atoms with E-state index in [0.29, 0.717) is 18.7 Å². The van der Waals surface area contributed by atoms with Crippen LogP contribution >= 0.6 is 0 Å². The standard InChI is InChI=1S/C12H13NO3/c1-2-12(15)16-11-5-3-4-10-9(11)6-7-13(10)8-14/h3-5,8H,2,6-7H2,1H3.